The minimum atomic E-state index is -0.645. The van der Waals surface area contributed by atoms with Gasteiger partial charge in [-0.15, -0.1) is 0 Å². The van der Waals surface area contributed by atoms with E-state index in [9.17, 15) is 18.8 Å². The topological polar surface area (TPSA) is 87.2 Å². The predicted octanol–water partition coefficient (Wildman–Crippen LogP) is 4.66. The zero-order valence-corrected chi connectivity index (χ0v) is 19.0. The molecule has 1 saturated heterocycles. The van der Waals surface area contributed by atoms with E-state index < -0.39 is 23.3 Å². The standard InChI is InChI=1S/C23H19Cl2FN4O3/c1-2-4-19-16(21(31)30(28-19)15-7-8-17(24)18(25)10-15)11-20-22(32)29(23(33)27-20)12-13-5-3-6-14(26)9-13/h3,5-11,28H,2,4,12H2,1H3,(H,27,33)/b20-11-. The van der Waals surface area contributed by atoms with Crippen LogP contribution in [0.15, 0.2) is 53.0 Å². The molecule has 1 aliphatic rings. The van der Waals surface area contributed by atoms with E-state index in [0.29, 0.717) is 33.4 Å². The van der Waals surface area contributed by atoms with Crippen molar-refractivity contribution in [3.63, 3.8) is 0 Å². The Hall–Kier alpha value is -3.36. The van der Waals surface area contributed by atoms with Gasteiger partial charge in [-0.05, 0) is 48.4 Å². The molecule has 2 heterocycles. The fourth-order valence-electron chi connectivity index (χ4n) is 3.57. The Bertz CT molecular complexity index is 1350. The molecule has 2 aromatic carbocycles. The van der Waals surface area contributed by atoms with Crippen LogP contribution < -0.4 is 10.9 Å². The van der Waals surface area contributed by atoms with Crippen LogP contribution in [0.2, 0.25) is 10.0 Å². The lowest BCUT2D eigenvalue weighted by Gasteiger charge is -2.11. The Kier molecular flexibility index (Phi) is 6.40. The van der Waals surface area contributed by atoms with Crippen molar-refractivity contribution in [2.24, 2.45) is 0 Å². The number of hydrogen-bond donors (Lipinski definition) is 2. The first kappa shape index (κ1) is 22.8. The van der Waals surface area contributed by atoms with Crippen molar-refractivity contribution in [2.75, 3.05) is 0 Å². The van der Waals surface area contributed by atoms with Gasteiger partial charge >= 0.3 is 6.03 Å². The van der Waals surface area contributed by atoms with Crippen LogP contribution in [0.1, 0.15) is 30.2 Å². The molecule has 0 unspecified atom stereocenters. The molecule has 0 bridgehead atoms. The number of nitrogens with zero attached hydrogens (tertiary/aromatic N) is 2. The molecular formula is C23H19Cl2FN4O3. The number of aromatic nitrogens is 2. The van der Waals surface area contributed by atoms with Crippen LogP contribution in [0.25, 0.3) is 11.8 Å². The third kappa shape index (κ3) is 4.58. The van der Waals surface area contributed by atoms with E-state index >= 15 is 0 Å². The lowest BCUT2D eigenvalue weighted by molar-refractivity contribution is -0.123. The zero-order chi connectivity index (χ0) is 23.7. The van der Waals surface area contributed by atoms with Crippen molar-refractivity contribution >= 4 is 41.2 Å². The normalized spacial score (nSPS) is 14.9. The van der Waals surface area contributed by atoms with Crippen molar-refractivity contribution < 1.29 is 14.0 Å². The van der Waals surface area contributed by atoms with E-state index in [1.54, 1.807) is 24.3 Å². The monoisotopic (exact) mass is 488 g/mol. The first-order valence-corrected chi connectivity index (χ1v) is 10.9. The van der Waals surface area contributed by atoms with Crippen LogP contribution in [-0.4, -0.2) is 26.6 Å². The minimum absolute atomic E-state index is 0.0360. The molecule has 0 saturated carbocycles. The molecule has 1 fully saturated rings. The largest absolute Gasteiger partial charge is 0.329 e. The highest BCUT2D eigenvalue weighted by Crippen LogP contribution is 2.24. The highest BCUT2D eigenvalue weighted by Gasteiger charge is 2.34. The second-order valence-corrected chi connectivity index (χ2v) is 8.32. The van der Waals surface area contributed by atoms with Gasteiger partial charge in [-0.1, -0.05) is 48.7 Å². The lowest BCUT2D eigenvalue weighted by atomic mass is 10.1. The van der Waals surface area contributed by atoms with Crippen molar-refractivity contribution in [1.82, 2.24) is 20.0 Å². The van der Waals surface area contributed by atoms with E-state index in [2.05, 4.69) is 10.4 Å². The van der Waals surface area contributed by atoms with Gasteiger partial charge in [-0.2, -0.15) is 0 Å². The maximum Gasteiger partial charge on any atom is 0.329 e. The summed E-state index contributed by atoms with van der Waals surface area (Å²) < 4.78 is 14.8. The van der Waals surface area contributed by atoms with Gasteiger partial charge in [0.15, 0.2) is 0 Å². The fraction of sp³-hybridized carbons (Fsp3) is 0.174. The summed E-state index contributed by atoms with van der Waals surface area (Å²) in [7, 11) is 0. The van der Waals surface area contributed by atoms with E-state index in [4.69, 9.17) is 23.2 Å². The molecule has 2 N–H and O–H groups in total. The first-order chi connectivity index (χ1) is 15.8. The molecule has 1 aromatic heterocycles. The van der Waals surface area contributed by atoms with Gasteiger partial charge in [0, 0.05) is 5.69 Å². The maximum absolute atomic E-state index is 13.5. The summed E-state index contributed by atoms with van der Waals surface area (Å²) in [6.07, 6.45) is 2.64. The number of urea groups is 1. The number of benzene rings is 2. The van der Waals surface area contributed by atoms with Gasteiger partial charge in [0.1, 0.15) is 11.5 Å². The number of aryl methyl sites for hydroxylation is 1. The average Bonchev–Trinajstić information content (AvgIpc) is 3.22. The summed E-state index contributed by atoms with van der Waals surface area (Å²) in [5.74, 6) is -1.07. The molecule has 0 aliphatic carbocycles. The van der Waals surface area contributed by atoms with Gasteiger partial charge in [0.05, 0.1) is 27.8 Å². The number of nitrogens with one attached hydrogen (secondary N) is 2. The van der Waals surface area contributed by atoms with Crippen molar-refractivity contribution in [2.45, 2.75) is 26.3 Å². The second-order valence-electron chi connectivity index (χ2n) is 7.50. The van der Waals surface area contributed by atoms with E-state index in [1.807, 2.05) is 6.92 Å². The van der Waals surface area contributed by atoms with Gasteiger partial charge < -0.3 is 5.32 Å². The average molecular weight is 489 g/mol. The van der Waals surface area contributed by atoms with E-state index in [-0.39, 0.29) is 17.8 Å². The number of amides is 3. The summed E-state index contributed by atoms with van der Waals surface area (Å²) in [5.41, 5.74) is 1.35. The SMILES string of the molecule is CCCc1[nH]n(-c2ccc(Cl)c(Cl)c2)c(=O)c1/C=C1\NC(=O)N(Cc2cccc(F)c2)C1=O. The number of H-pyrrole nitrogens is 1. The lowest BCUT2D eigenvalue weighted by Crippen LogP contribution is -2.30. The van der Waals surface area contributed by atoms with Crippen LogP contribution in [0.5, 0.6) is 0 Å². The highest BCUT2D eigenvalue weighted by atomic mass is 35.5. The molecule has 7 nitrogen and oxygen atoms in total. The van der Waals surface area contributed by atoms with Crippen LogP contribution >= 0.6 is 23.2 Å². The third-order valence-corrected chi connectivity index (χ3v) is 5.89. The third-order valence-electron chi connectivity index (χ3n) is 5.15. The quantitative estimate of drug-likeness (QED) is 0.390. The van der Waals surface area contributed by atoms with Crippen LogP contribution in [0, 0.1) is 5.82 Å². The minimum Gasteiger partial charge on any atom is -0.303 e. The van der Waals surface area contributed by atoms with Crippen molar-refractivity contribution in [1.29, 1.82) is 0 Å². The Morgan fingerprint density at radius 2 is 1.85 bits per heavy atom. The zero-order valence-electron chi connectivity index (χ0n) is 17.5. The fourth-order valence-corrected chi connectivity index (χ4v) is 3.86. The molecule has 4 rings (SSSR count). The van der Waals surface area contributed by atoms with Crippen molar-refractivity contribution in [3.8, 4) is 5.69 Å². The summed E-state index contributed by atoms with van der Waals surface area (Å²) in [6, 6.07) is 9.78. The highest BCUT2D eigenvalue weighted by molar-refractivity contribution is 6.42. The van der Waals surface area contributed by atoms with Gasteiger partial charge in [-0.3, -0.25) is 19.6 Å². The number of carbonyl (C=O) groups excluding carboxylic acids is 2. The van der Waals surface area contributed by atoms with Crippen LogP contribution in [-0.2, 0) is 17.8 Å². The second kappa shape index (κ2) is 9.25. The summed E-state index contributed by atoms with van der Waals surface area (Å²) in [5, 5.41) is 6.20. The van der Waals surface area contributed by atoms with Gasteiger partial charge in [0.25, 0.3) is 11.5 Å². The number of halogens is 3. The first-order valence-electron chi connectivity index (χ1n) is 10.2. The summed E-state index contributed by atoms with van der Waals surface area (Å²) >= 11 is 12.1. The molecule has 33 heavy (non-hydrogen) atoms. The van der Waals surface area contributed by atoms with Crippen LogP contribution in [0.3, 0.4) is 0 Å². The Balaban J connectivity index is 1.70. The van der Waals surface area contributed by atoms with Crippen molar-refractivity contribution in [3.05, 3.63) is 91.2 Å². The smallest absolute Gasteiger partial charge is 0.303 e. The molecular weight excluding hydrogens is 470 g/mol. The van der Waals surface area contributed by atoms with Crippen LogP contribution in [0.4, 0.5) is 9.18 Å². The number of imide groups is 1. The van der Waals surface area contributed by atoms with E-state index in [0.717, 1.165) is 11.3 Å². The van der Waals surface area contributed by atoms with E-state index in [1.165, 1.54) is 29.0 Å². The maximum atomic E-state index is 13.5. The van der Waals surface area contributed by atoms with Gasteiger partial charge in [0.2, 0.25) is 0 Å². The number of aromatic amines is 1. The Labute approximate surface area is 198 Å². The molecule has 170 valence electrons. The number of carbonyl (C=O) groups is 2. The Morgan fingerprint density at radius 1 is 1.06 bits per heavy atom. The Morgan fingerprint density at radius 3 is 2.55 bits per heavy atom. The summed E-state index contributed by atoms with van der Waals surface area (Å²) in [4.78, 5) is 39.4. The molecule has 0 spiro atoms. The molecule has 3 amide bonds. The summed E-state index contributed by atoms with van der Waals surface area (Å²) in [6.45, 7) is 1.86. The molecule has 1 aliphatic heterocycles. The van der Waals surface area contributed by atoms with Gasteiger partial charge in [-0.25, -0.2) is 13.9 Å². The molecule has 3 aromatic rings. The molecule has 10 heteroatoms. The number of rotatable bonds is 6. The number of hydrogen-bond acceptors (Lipinski definition) is 3. The molecule has 0 atom stereocenters. The molecule has 0 radical (unpaired) electrons. The predicted molar refractivity (Wildman–Crippen MR) is 124 cm³/mol.